The molecule has 1 aromatic heterocycles. The third kappa shape index (κ3) is 2.05. The molecule has 0 bridgehead atoms. The lowest BCUT2D eigenvalue weighted by Gasteiger charge is -2.05. The van der Waals surface area contributed by atoms with Crippen LogP contribution in [0.15, 0.2) is 4.42 Å². The Balaban J connectivity index is 2.64. The van der Waals surface area contributed by atoms with Crippen LogP contribution < -0.4 is 0 Å². The van der Waals surface area contributed by atoms with Crippen molar-refractivity contribution in [2.45, 2.75) is 26.9 Å². The summed E-state index contributed by atoms with van der Waals surface area (Å²) in [5.74, 6) is 0.421. The lowest BCUT2D eigenvalue weighted by molar-refractivity contribution is -0.146. The number of hydrogen-bond donors (Lipinski definition) is 0. The molecule has 12 heavy (non-hydrogen) atoms. The molecule has 0 spiro atoms. The van der Waals surface area contributed by atoms with E-state index in [0.717, 1.165) is 0 Å². The lowest BCUT2D eigenvalue weighted by Crippen LogP contribution is -2.04. The molecule has 0 radical (unpaired) electrons. The summed E-state index contributed by atoms with van der Waals surface area (Å²) in [5.41, 5.74) is 0. The van der Waals surface area contributed by atoms with Gasteiger partial charge in [0, 0.05) is 13.8 Å². The molecule has 5 heteroatoms. The third-order valence-electron chi connectivity index (χ3n) is 1.23. The highest BCUT2D eigenvalue weighted by Gasteiger charge is 2.14. The van der Waals surface area contributed by atoms with Gasteiger partial charge in [-0.2, -0.15) is 0 Å². The average Bonchev–Trinajstić information content (AvgIpc) is 2.34. The Morgan fingerprint density at radius 3 is 2.67 bits per heavy atom. The van der Waals surface area contributed by atoms with Crippen LogP contribution in [0.5, 0.6) is 0 Å². The molecule has 0 aromatic carbocycles. The van der Waals surface area contributed by atoms with E-state index in [1.54, 1.807) is 13.8 Å². The average molecular weight is 170 g/mol. The highest BCUT2D eigenvalue weighted by atomic mass is 16.6. The Labute approximate surface area is 69.7 Å². The van der Waals surface area contributed by atoms with Crippen molar-refractivity contribution in [2.24, 2.45) is 0 Å². The largest absolute Gasteiger partial charge is 0.453 e. The minimum absolute atomic E-state index is 0.322. The summed E-state index contributed by atoms with van der Waals surface area (Å²) in [6, 6.07) is 0. The Morgan fingerprint density at radius 2 is 2.25 bits per heavy atom. The van der Waals surface area contributed by atoms with Gasteiger partial charge in [-0.1, -0.05) is 0 Å². The topological polar surface area (TPSA) is 65.2 Å². The van der Waals surface area contributed by atoms with Gasteiger partial charge in [-0.25, -0.2) is 0 Å². The molecule has 0 aliphatic heterocycles. The molecule has 0 unspecified atom stereocenters. The Hall–Kier alpha value is -1.39. The van der Waals surface area contributed by atoms with E-state index in [4.69, 9.17) is 9.15 Å². The number of nitrogens with zero attached hydrogens (tertiary/aromatic N) is 2. The number of aromatic nitrogens is 2. The molecule has 0 aliphatic rings. The van der Waals surface area contributed by atoms with Crippen molar-refractivity contribution >= 4 is 5.97 Å². The van der Waals surface area contributed by atoms with Gasteiger partial charge in [0.2, 0.25) is 5.89 Å². The highest BCUT2D eigenvalue weighted by molar-refractivity contribution is 5.66. The van der Waals surface area contributed by atoms with E-state index >= 15 is 0 Å². The predicted molar refractivity (Wildman–Crippen MR) is 39.2 cm³/mol. The first-order valence-corrected chi connectivity index (χ1v) is 3.57. The van der Waals surface area contributed by atoms with Crippen molar-refractivity contribution in [1.29, 1.82) is 0 Å². The van der Waals surface area contributed by atoms with Gasteiger partial charge in [0.25, 0.3) is 5.89 Å². The number of carbonyl (C=O) groups is 1. The molecular formula is C7H10N2O3. The summed E-state index contributed by atoms with van der Waals surface area (Å²) in [6.45, 7) is 4.69. The monoisotopic (exact) mass is 170 g/mol. The van der Waals surface area contributed by atoms with Gasteiger partial charge in [0.15, 0.2) is 6.10 Å². The lowest BCUT2D eigenvalue weighted by atomic mass is 10.4. The minimum atomic E-state index is -0.469. The molecular weight excluding hydrogens is 160 g/mol. The number of rotatable bonds is 2. The fourth-order valence-electron chi connectivity index (χ4n) is 0.775. The van der Waals surface area contributed by atoms with Crippen LogP contribution in [-0.2, 0) is 9.53 Å². The van der Waals surface area contributed by atoms with Gasteiger partial charge in [-0.05, 0) is 6.92 Å². The standard InChI is InChI=1S/C7H10N2O3/c1-4(11-6(3)10)7-9-8-5(2)12-7/h4H,1-3H3/t4-/m1/s1. The first-order valence-electron chi connectivity index (χ1n) is 3.57. The maximum Gasteiger partial charge on any atom is 0.303 e. The van der Waals surface area contributed by atoms with Crippen molar-refractivity contribution in [2.75, 3.05) is 0 Å². The summed E-state index contributed by atoms with van der Waals surface area (Å²) in [7, 11) is 0. The van der Waals surface area contributed by atoms with Crippen molar-refractivity contribution in [3.63, 3.8) is 0 Å². The summed E-state index contributed by atoms with van der Waals surface area (Å²) in [5, 5.41) is 7.31. The molecule has 1 atom stereocenters. The van der Waals surface area contributed by atoms with Crippen LogP contribution in [0.3, 0.4) is 0 Å². The molecule has 0 saturated carbocycles. The normalized spacial score (nSPS) is 12.6. The van der Waals surface area contributed by atoms with Crippen LogP contribution in [0.4, 0.5) is 0 Å². The highest BCUT2D eigenvalue weighted by Crippen LogP contribution is 2.14. The van der Waals surface area contributed by atoms with E-state index < -0.39 is 6.10 Å². The zero-order valence-corrected chi connectivity index (χ0v) is 7.20. The molecule has 0 amide bonds. The van der Waals surface area contributed by atoms with E-state index in [1.165, 1.54) is 6.92 Å². The van der Waals surface area contributed by atoms with Crippen molar-refractivity contribution < 1.29 is 13.9 Å². The fourth-order valence-corrected chi connectivity index (χ4v) is 0.775. The second-order valence-electron chi connectivity index (χ2n) is 2.41. The number of hydrogen-bond acceptors (Lipinski definition) is 5. The van der Waals surface area contributed by atoms with Gasteiger partial charge < -0.3 is 9.15 Å². The van der Waals surface area contributed by atoms with Crippen LogP contribution >= 0.6 is 0 Å². The van der Waals surface area contributed by atoms with Gasteiger partial charge in [-0.15, -0.1) is 10.2 Å². The molecule has 0 aliphatic carbocycles. The summed E-state index contributed by atoms with van der Waals surface area (Å²) in [4.78, 5) is 10.5. The van der Waals surface area contributed by atoms with E-state index in [-0.39, 0.29) is 5.97 Å². The van der Waals surface area contributed by atoms with E-state index in [2.05, 4.69) is 10.2 Å². The third-order valence-corrected chi connectivity index (χ3v) is 1.23. The zero-order valence-electron chi connectivity index (χ0n) is 7.20. The van der Waals surface area contributed by atoms with Crippen molar-refractivity contribution in [3.05, 3.63) is 11.8 Å². The molecule has 0 N–H and O–H groups in total. The summed E-state index contributed by atoms with van der Waals surface area (Å²) < 4.78 is 9.86. The molecule has 1 heterocycles. The summed E-state index contributed by atoms with van der Waals surface area (Å²) >= 11 is 0. The van der Waals surface area contributed by atoms with Crippen LogP contribution in [0.1, 0.15) is 31.7 Å². The van der Waals surface area contributed by atoms with Gasteiger partial charge in [-0.3, -0.25) is 4.79 Å². The molecule has 1 rings (SSSR count). The zero-order chi connectivity index (χ0) is 9.14. The number of esters is 1. The molecule has 1 aromatic rings. The van der Waals surface area contributed by atoms with Gasteiger partial charge >= 0.3 is 5.97 Å². The first-order chi connectivity index (χ1) is 5.59. The van der Waals surface area contributed by atoms with Crippen molar-refractivity contribution in [1.82, 2.24) is 10.2 Å². The van der Waals surface area contributed by atoms with Crippen molar-refractivity contribution in [3.8, 4) is 0 Å². The number of aryl methyl sites for hydroxylation is 1. The number of ether oxygens (including phenoxy) is 1. The van der Waals surface area contributed by atoms with Crippen LogP contribution in [0.25, 0.3) is 0 Å². The smallest absolute Gasteiger partial charge is 0.303 e. The molecule has 0 saturated heterocycles. The second kappa shape index (κ2) is 3.34. The Kier molecular flexibility index (Phi) is 2.42. The van der Waals surface area contributed by atoms with Crippen LogP contribution in [-0.4, -0.2) is 16.2 Å². The SMILES string of the molecule is CC(=O)O[C@H](C)c1nnc(C)o1. The van der Waals surface area contributed by atoms with Crippen LogP contribution in [0.2, 0.25) is 0 Å². The van der Waals surface area contributed by atoms with E-state index in [0.29, 0.717) is 11.8 Å². The molecule has 0 fully saturated rings. The van der Waals surface area contributed by atoms with E-state index in [1.807, 2.05) is 0 Å². The minimum Gasteiger partial charge on any atom is -0.453 e. The second-order valence-corrected chi connectivity index (χ2v) is 2.41. The van der Waals surface area contributed by atoms with E-state index in [9.17, 15) is 4.79 Å². The maximum absolute atomic E-state index is 10.5. The quantitative estimate of drug-likeness (QED) is 0.619. The fraction of sp³-hybridized carbons (Fsp3) is 0.571. The maximum atomic E-state index is 10.5. The number of carbonyl (C=O) groups excluding carboxylic acids is 1. The van der Waals surface area contributed by atoms with Gasteiger partial charge in [0.05, 0.1) is 0 Å². The Bertz CT molecular complexity index is 282. The van der Waals surface area contributed by atoms with Crippen LogP contribution in [0, 0.1) is 6.92 Å². The summed E-state index contributed by atoms with van der Waals surface area (Å²) in [6.07, 6.45) is -0.469. The first kappa shape index (κ1) is 8.70. The van der Waals surface area contributed by atoms with Gasteiger partial charge in [0.1, 0.15) is 0 Å². The predicted octanol–water partition coefficient (Wildman–Crippen LogP) is 1.00. The molecule has 66 valence electrons. The molecule has 5 nitrogen and oxygen atoms in total. The Morgan fingerprint density at radius 1 is 1.58 bits per heavy atom.